The smallest absolute Gasteiger partial charge is 0.229 e. The number of hydrogen-bond donors (Lipinski definition) is 2. The van der Waals surface area contributed by atoms with Gasteiger partial charge < -0.3 is 15.5 Å². The molecule has 0 unspecified atom stereocenters. The highest BCUT2D eigenvalue weighted by Crippen LogP contribution is 2.31. The first-order valence-corrected chi connectivity index (χ1v) is 14.4. The maximum atomic E-state index is 12.2. The first-order chi connectivity index (χ1) is 16.9. The van der Waals surface area contributed by atoms with Gasteiger partial charge in [0.05, 0.1) is 16.8 Å². The number of nitrogens with zero attached hydrogens (tertiary/aromatic N) is 3. The second kappa shape index (κ2) is 10.1. The number of anilines is 4. The molecular weight excluding hydrogens is 482 g/mol. The molecule has 9 heteroatoms. The standard InChI is InChI=1S/C26H30ClN5O2S/c1-35(33,34)24-7-3-2-6-23(24)30-25-22(27)17-28-26(31-25)29-20-11-8-18-9-12-21(13-10-19(18)16-20)32-14-4-5-15-32/h2-3,6-8,11,16-17,21H,4-5,9-10,12-15H2,1H3,(H2,28,29,30,31)/t21-/m0/s1. The van der Waals surface area contributed by atoms with E-state index in [9.17, 15) is 8.42 Å². The molecule has 3 aromatic rings. The lowest BCUT2D eigenvalue weighted by molar-refractivity contribution is 0.222. The summed E-state index contributed by atoms with van der Waals surface area (Å²) in [6.45, 7) is 2.49. The van der Waals surface area contributed by atoms with E-state index < -0.39 is 9.84 Å². The Kier molecular flexibility index (Phi) is 6.95. The van der Waals surface area contributed by atoms with Crippen molar-refractivity contribution in [1.29, 1.82) is 0 Å². The molecule has 2 heterocycles. The van der Waals surface area contributed by atoms with Crippen LogP contribution in [0, 0.1) is 0 Å². The van der Waals surface area contributed by atoms with Gasteiger partial charge >= 0.3 is 0 Å². The Balaban J connectivity index is 1.33. The van der Waals surface area contributed by atoms with Crippen LogP contribution in [0.2, 0.25) is 5.02 Å². The Labute approximate surface area is 211 Å². The van der Waals surface area contributed by atoms with E-state index in [-0.39, 0.29) is 4.90 Å². The zero-order chi connectivity index (χ0) is 24.4. The number of halogens is 1. The van der Waals surface area contributed by atoms with E-state index in [2.05, 4.69) is 43.7 Å². The van der Waals surface area contributed by atoms with Crippen LogP contribution < -0.4 is 10.6 Å². The van der Waals surface area contributed by atoms with E-state index in [1.54, 1.807) is 24.3 Å². The summed E-state index contributed by atoms with van der Waals surface area (Å²) >= 11 is 6.33. The van der Waals surface area contributed by atoms with Gasteiger partial charge in [-0.05, 0) is 87.0 Å². The SMILES string of the molecule is CS(=O)(=O)c1ccccc1Nc1nc(Nc2ccc3c(c2)CC[C@@H](N2CCCC2)CC3)ncc1Cl. The zero-order valence-electron chi connectivity index (χ0n) is 19.8. The second-order valence-corrected chi connectivity index (χ2v) is 11.8. The van der Waals surface area contributed by atoms with E-state index in [4.69, 9.17) is 11.6 Å². The van der Waals surface area contributed by atoms with Gasteiger partial charge in [-0.3, -0.25) is 0 Å². The van der Waals surface area contributed by atoms with Crippen LogP contribution in [-0.2, 0) is 22.7 Å². The van der Waals surface area contributed by atoms with Crippen molar-refractivity contribution in [2.45, 2.75) is 49.5 Å². The number of benzene rings is 2. The summed E-state index contributed by atoms with van der Waals surface area (Å²) in [5, 5.41) is 6.65. The normalized spacial score (nSPS) is 18.6. The summed E-state index contributed by atoms with van der Waals surface area (Å²) in [6, 6.07) is 13.8. The molecule has 1 aromatic heterocycles. The number of fused-ring (bicyclic) bond motifs is 1. The van der Waals surface area contributed by atoms with Gasteiger partial charge in [0.15, 0.2) is 15.7 Å². The molecule has 1 aliphatic carbocycles. The number of likely N-dealkylation sites (tertiary alicyclic amines) is 1. The predicted octanol–water partition coefficient (Wildman–Crippen LogP) is 5.36. The molecule has 5 rings (SSSR count). The van der Waals surface area contributed by atoms with Crippen LogP contribution in [0.5, 0.6) is 0 Å². The van der Waals surface area contributed by atoms with E-state index >= 15 is 0 Å². The molecule has 1 atom stereocenters. The Morgan fingerprint density at radius 3 is 2.51 bits per heavy atom. The number of sulfone groups is 1. The summed E-state index contributed by atoms with van der Waals surface area (Å²) in [7, 11) is -3.41. The van der Waals surface area contributed by atoms with Gasteiger partial charge in [0.25, 0.3) is 0 Å². The first-order valence-electron chi connectivity index (χ1n) is 12.1. The fourth-order valence-electron chi connectivity index (χ4n) is 5.11. The lowest BCUT2D eigenvalue weighted by atomic mass is 10.0. The number of rotatable bonds is 6. The number of aromatic nitrogens is 2. The lowest BCUT2D eigenvalue weighted by Crippen LogP contribution is -2.32. The zero-order valence-corrected chi connectivity index (χ0v) is 21.4. The largest absolute Gasteiger partial charge is 0.338 e. The molecule has 2 N–H and O–H groups in total. The highest BCUT2D eigenvalue weighted by atomic mass is 35.5. The molecule has 0 saturated carbocycles. The van der Waals surface area contributed by atoms with Crippen molar-refractivity contribution < 1.29 is 8.42 Å². The van der Waals surface area contributed by atoms with E-state index in [1.165, 1.54) is 62.4 Å². The van der Waals surface area contributed by atoms with Crippen LogP contribution in [0.4, 0.5) is 23.1 Å². The van der Waals surface area contributed by atoms with E-state index in [1.807, 2.05) is 0 Å². The lowest BCUT2D eigenvalue weighted by Gasteiger charge is -2.25. The van der Waals surface area contributed by atoms with Gasteiger partial charge in [0.1, 0.15) is 5.02 Å². The molecule has 2 aromatic carbocycles. The molecule has 1 aliphatic heterocycles. The third-order valence-corrected chi connectivity index (χ3v) is 8.33. The van der Waals surface area contributed by atoms with Crippen LogP contribution in [-0.4, -0.2) is 48.7 Å². The highest BCUT2D eigenvalue weighted by Gasteiger charge is 2.24. The van der Waals surface area contributed by atoms with Crippen molar-refractivity contribution in [3.05, 3.63) is 64.8 Å². The van der Waals surface area contributed by atoms with Crippen LogP contribution in [0.3, 0.4) is 0 Å². The van der Waals surface area contributed by atoms with Crippen LogP contribution in [0.15, 0.2) is 53.6 Å². The third kappa shape index (κ3) is 5.60. The van der Waals surface area contributed by atoms with Crippen LogP contribution in [0.1, 0.15) is 36.8 Å². The average Bonchev–Trinajstić information content (AvgIpc) is 3.28. The average molecular weight is 512 g/mol. The number of nitrogens with one attached hydrogen (secondary N) is 2. The van der Waals surface area contributed by atoms with E-state index in [0.29, 0.717) is 28.5 Å². The topological polar surface area (TPSA) is 87.2 Å². The van der Waals surface area contributed by atoms with Gasteiger partial charge in [-0.25, -0.2) is 13.4 Å². The quantitative estimate of drug-likeness (QED) is 0.430. The van der Waals surface area contributed by atoms with Crippen molar-refractivity contribution in [1.82, 2.24) is 14.9 Å². The monoisotopic (exact) mass is 511 g/mol. The molecule has 0 amide bonds. The van der Waals surface area contributed by atoms with Gasteiger partial charge in [0, 0.05) is 18.0 Å². The minimum Gasteiger partial charge on any atom is -0.338 e. The Bertz CT molecular complexity index is 1330. The van der Waals surface area contributed by atoms with Gasteiger partial charge in [-0.1, -0.05) is 29.8 Å². The van der Waals surface area contributed by atoms with Gasteiger partial charge in [0.2, 0.25) is 5.95 Å². The Morgan fingerprint density at radius 2 is 1.74 bits per heavy atom. The van der Waals surface area contributed by atoms with Crippen molar-refractivity contribution in [3.8, 4) is 0 Å². The van der Waals surface area contributed by atoms with Crippen LogP contribution >= 0.6 is 11.6 Å². The number of para-hydroxylation sites is 1. The fraction of sp³-hybridized carbons (Fsp3) is 0.385. The predicted molar refractivity (Wildman–Crippen MR) is 141 cm³/mol. The van der Waals surface area contributed by atoms with E-state index in [0.717, 1.165) is 18.5 Å². The molecule has 0 spiro atoms. The van der Waals surface area contributed by atoms with Gasteiger partial charge in [-0.2, -0.15) is 4.98 Å². The summed E-state index contributed by atoms with van der Waals surface area (Å²) in [5.41, 5.74) is 4.15. The fourth-order valence-corrected chi connectivity index (χ4v) is 6.09. The maximum absolute atomic E-state index is 12.2. The molecule has 0 bridgehead atoms. The van der Waals surface area contributed by atoms with Crippen molar-refractivity contribution in [3.63, 3.8) is 0 Å². The highest BCUT2D eigenvalue weighted by molar-refractivity contribution is 7.90. The Hall–Kier alpha value is -2.68. The minimum absolute atomic E-state index is 0.183. The molecule has 0 radical (unpaired) electrons. The van der Waals surface area contributed by atoms with Gasteiger partial charge in [-0.15, -0.1) is 0 Å². The molecule has 184 valence electrons. The molecular formula is C26H30ClN5O2S. The summed E-state index contributed by atoms with van der Waals surface area (Å²) in [6.07, 6.45) is 9.95. The summed E-state index contributed by atoms with van der Waals surface area (Å²) in [4.78, 5) is 11.7. The summed E-state index contributed by atoms with van der Waals surface area (Å²) < 4.78 is 24.3. The Morgan fingerprint density at radius 1 is 1.00 bits per heavy atom. The van der Waals surface area contributed by atoms with Crippen LogP contribution in [0.25, 0.3) is 0 Å². The molecule has 1 saturated heterocycles. The van der Waals surface area contributed by atoms with Crippen molar-refractivity contribution >= 4 is 44.6 Å². The minimum atomic E-state index is -3.41. The number of aryl methyl sites for hydroxylation is 2. The molecule has 1 fully saturated rings. The van der Waals surface area contributed by atoms with Crippen molar-refractivity contribution in [2.24, 2.45) is 0 Å². The van der Waals surface area contributed by atoms with Crippen molar-refractivity contribution in [2.75, 3.05) is 30.0 Å². The molecule has 7 nitrogen and oxygen atoms in total. The maximum Gasteiger partial charge on any atom is 0.229 e. The molecule has 35 heavy (non-hydrogen) atoms. The summed E-state index contributed by atoms with van der Waals surface area (Å²) in [5.74, 6) is 0.723. The first kappa shape index (κ1) is 24.0. The number of hydrogen-bond acceptors (Lipinski definition) is 7. The second-order valence-electron chi connectivity index (χ2n) is 9.37. The molecule has 2 aliphatic rings. The third-order valence-electron chi connectivity index (χ3n) is 6.90.